The molecule has 0 spiro atoms. The molecule has 0 bridgehead atoms. The van der Waals surface area contributed by atoms with Crippen molar-refractivity contribution in [3.8, 4) is 0 Å². The number of aliphatic carboxylic acids is 2. The molecule has 6 rings (SSSR count). The average Bonchev–Trinajstić information content (AvgIpc) is 3.76. The summed E-state index contributed by atoms with van der Waals surface area (Å²) in [5, 5.41) is 21.9. The fourth-order valence-electron chi connectivity index (χ4n) is 6.59. The van der Waals surface area contributed by atoms with Crippen LogP contribution in [0.4, 0.5) is 0 Å². The molecule has 2 fully saturated rings. The summed E-state index contributed by atoms with van der Waals surface area (Å²) in [7, 11) is 0. The van der Waals surface area contributed by atoms with Gasteiger partial charge in [-0.2, -0.15) is 0 Å². The predicted molar refractivity (Wildman–Crippen MR) is 233 cm³/mol. The molecule has 10 nitrogen and oxygen atoms in total. The van der Waals surface area contributed by atoms with Gasteiger partial charge in [0.05, 0.1) is 34.5 Å². The van der Waals surface area contributed by atoms with Crippen LogP contribution in [0.25, 0.3) is 0 Å². The average molecular weight is 897 g/mol. The van der Waals surface area contributed by atoms with Gasteiger partial charge in [-0.25, -0.2) is 0 Å². The molecule has 0 N–H and O–H groups in total. The van der Waals surface area contributed by atoms with Crippen molar-refractivity contribution < 1.29 is 39.0 Å². The predicted octanol–water partition coefficient (Wildman–Crippen LogP) is 5.03. The van der Waals surface area contributed by atoms with Crippen molar-refractivity contribution >= 4 is 119 Å². The van der Waals surface area contributed by atoms with Gasteiger partial charge >= 0.3 is 37.7 Å². The first-order valence-electron chi connectivity index (χ1n) is 18.7. The molecule has 2 aliphatic rings. The standard InChI is InChI=1S/2C22H23NO4S2.Ca/c2*1-14(2)20(24)23-13-17(28-16-11-7-4-8-12-16)19(18(23)21(25)26)29-22(27)15-9-5-3-6-10-15;/h2*3-12,14,17-19H,13H2,1-2H3,(H,25,26);/q;;+2/p-2/t2*17-,18+,19?;/m00./s1. The summed E-state index contributed by atoms with van der Waals surface area (Å²) >= 11 is 4.95. The van der Waals surface area contributed by atoms with Gasteiger partial charge in [-0.3, -0.25) is 19.2 Å². The van der Waals surface area contributed by atoms with Crippen LogP contribution in [-0.4, -0.2) is 128 Å². The molecule has 0 radical (unpaired) electrons. The van der Waals surface area contributed by atoms with Crippen LogP contribution in [0, 0.1) is 11.8 Å². The minimum absolute atomic E-state index is 0. The Morgan fingerprint density at radius 1 is 0.508 bits per heavy atom. The minimum atomic E-state index is -1.33. The minimum Gasteiger partial charge on any atom is -0.548 e. The number of carbonyl (C=O) groups excluding carboxylic acids is 6. The van der Waals surface area contributed by atoms with E-state index < -0.39 is 34.5 Å². The molecular weight excluding hydrogens is 853 g/mol. The summed E-state index contributed by atoms with van der Waals surface area (Å²) in [5.74, 6) is -3.82. The second-order valence-corrected chi connectivity index (χ2v) is 19.2. The normalized spacial score (nSPS) is 21.0. The second kappa shape index (κ2) is 23.1. The summed E-state index contributed by atoms with van der Waals surface area (Å²) < 4.78 is 0. The number of carboxylic acid groups (broad SMARTS) is 2. The van der Waals surface area contributed by atoms with Crippen LogP contribution in [0.5, 0.6) is 0 Å². The zero-order chi connectivity index (χ0) is 41.9. The molecule has 59 heavy (non-hydrogen) atoms. The number of hydrogen-bond acceptors (Lipinski definition) is 12. The van der Waals surface area contributed by atoms with E-state index in [4.69, 9.17) is 0 Å². The number of carbonyl (C=O) groups is 6. The fraction of sp³-hybridized carbons (Fsp3) is 0.318. The van der Waals surface area contributed by atoms with E-state index in [-0.39, 0.29) is 95.2 Å². The topological polar surface area (TPSA) is 155 Å². The second-order valence-electron chi connectivity index (χ2n) is 14.2. The van der Waals surface area contributed by atoms with E-state index in [1.54, 1.807) is 76.2 Å². The third-order valence-corrected chi connectivity index (χ3v) is 14.9. The van der Waals surface area contributed by atoms with Crippen LogP contribution >= 0.6 is 47.0 Å². The van der Waals surface area contributed by atoms with Crippen LogP contribution in [0.2, 0.25) is 0 Å². The van der Waals surface area contributed by atoms with E-state index in [1.807, 2.05) is 72.8 Å². The number of carboxylic acids is 2. The molecule has 0 saturated carbocycles. The molecule has 6 atom stereocenters. The maximum absolute atomic E-state index is 12.8. The summed E-state index contributed by atoms with van der Waals surface area (Å²) in [6.45, 7) is 7.48. The number of benzene rings is 4. The third-order valence-electron chi connectivity index (χ3n) is 9.38. The summed E-state index contributed by atoms with van der Waals surface area (Å²) in [6, 6.07) is 34.4. The Balaban J connectivity index is 0.000000256. The zero-order valence-electron chi connectivity index (χ0n) is 33.1. The van der Waals surface area contributed by atoms with Crippen molar-refractivity contribution in [1.82, 2.24) is 9.80 Å². The number of thioether (sulfide) groups is 4. The molecule has 15 heteroatoms. The van der Waals surface area contributed by atoms with Gasteiger partial charge in [-0.1, -0.05) is 148 Å². The van der Waals surface area contributed by atoms with Gasteiger partial charge in [0, 0.05) is 56.3 Å². The van der Waals surface area contributed by atoms with E-state index in [2.05, 4.69) is 0 Å². The summed E-state index contributed by atoms with van der Waals surface area (Å²) in [4.78, 5) is 79.7. The molecule has 4 aromatic rings. The Hall–Kier alpha value is -3.24. The largest absolute Gasteiger partial charge is 2.00 e. The Morgan fingerprint density at radius 2 is 0.797 bits per heavy atom. The molecule has 0 aliphatic carbocycles. The van der Waals surface area contributed by atoms with Crippen molar-refractivity contribution in [3.63, 3.8) is 0 Å². The van der Waals surface area contributed by atoms with Crippen molar-refractivity contribution in [1.29, 1.82) is 0 Å². The third kappa shape index (κ3) is 12.9. The SMILES string of the molecule is CC(C)C(=O)N1C[C@H](Sc2ccccc2)C(SC(=O)c2ccccc2)[C@@H]1C(=O)[O-].CC(C)C(=O)N1C[C@H](Sc2ccccc2)C(SC(=O)c2ccccc2)[C@@H]1C(=O)[O-].[Ca+2]. The van der Waals surface area contributed by atoms with Gasteiger partial charge in [-0.05, 0) is 24.3 Å². The first kappa shape index (κ1) is 48.4. The van der Waals surface area contributed by atoms with Gasteiger partial charge in [0.15, 0.2) is 0 Å². The molecule has 2 saturated heterocycles. The number of hydrogen-bond donors (Lipinski definition) is 0. The van der Waals surface area contributed by atoms with E-state index in [0.717, 1.165) is 33.3 Å². The maximum Gasteiger partial charge on any atom is 2.00 e. The van der Waals surface area contributed by atoms with Crippen molar-refractivity contribution in [3.05, 3.63) is 132 Å². The molecule has 2 unspecified atom stereocenters. The van der Waals surface area contributed by atoms with Crippen LogP contribution in [-0.2, 0) is 19.2 Å². The van der Waals surface area contributed by atoms with Crippen molar-refractivity contribution in [2.45, 2.75) is 70.6 Å². The maximum atomic E-state index is 12.8. The number of nitrogens with zero attached hydrogens (tertiary/aromatic N) is 2. The van der Waals surface area contributed by atoms with E-state index >= 15 is 0 Å². The van der Waals surface area contributed by atoms with Gasteiger partial charge < -0.3 is 29.6 Å². The van der Waals surface area contributed by atoms with Crippen LogP contribution in [0.15, 0.2) is 131 Å². The molecule has 2 heterocycles. The molecule has 2 aliphatic heterocycles. The molecule has 304 valence electrons. The van der Waals surface area contributed by atoms with Crippen LogP contribution in [0.3, 0.4) is 0 Å². The van der Waals surface area contributed by atoms with Crippen molar-refractivity contribution in [2.24, 2.45) is 11.8 Å². The van der Waals surface area contributed by atoms with E-state index in [0.29, 0.717) is 11.1 Å². The summed E-state index contributed by atoms with van der Waals surface area (Å²) in [5.41, 5.74) is 1.01. The summed E-state index contributed by atoms with van der Waals surface area (Å²) in [6.07, 6.45) is 0. The molecule has 4 aromatic carbocycles. The number of rotatable bonds is 12. The van der Waals surface area contributed by atoms with Crippen LogP contribution in [0.1, 0.15) is 48.4 Å². The monoisotopic (exact) mass is 896 g/mol. The Kier molecular flexibility index (Phi) is 19.0. The van der Waals surface area contributed by atoms with Gasteiger partial charge in [0.2, 0.25) is 22.0 Å². The van der Waals surface area contributed by atoms with Crippen molar-refractivity contribution in [2.75, 3.05) is 13.1 Å². The van der Waals surface area contributed by atoms with Gasteiger partial charge in [-0.15, -0.1) is 23.5 Å². The quantitative estimate of drug-likeness (QED) is 0.175. The first-order valence-corrected chi connectivity index (χ1v) is 22.3. The molecule has 2 amide bonds. The number of likely N-dealkylation sites (tertiary alicyclic amines) is 2. The van der Waals surface area contributed by atoms with Gasteiger partial charge in [0.25, 0.3) is 0 Å². The first-order chi connectivity index (χ1) is 27.8. The van der Waals surface area contributed by atoms with E-state index in [1.165, 1.54) is 33.3 Å². The fourth-order valence-corrected chi connectivity index (χ4v) is 11.9. The smallest absolute Gasteiger partial charge is 0.548 e. The Bertz CT molecular complexity index is 1900. The van der Waals surface area contributed by atoms with E-state index in [9.17, 15) is 39.0 Å². The number of amides is 2. The Labute approximate surface area is 392 Å². The van der Waals surface area contributed by atoms with Gasteiger partial charge in [0.1, 0.15) is 0 Å². The van der Waals surface area contributed by atoms with Crippen LogP contribution < -0.4 is 10.2 Å². The zero-order valence-corrected chi connectivity index (χ0v) is 38.6. The molecular formula is C44H44CaN2O8S4. The Morgan fingerprint density at radius 3 is 1.07 bits per heavy atom. The molecule has 0 aromatic heterocycles.